The molecular weight excluding hydrogens is 961 g/mol. The van der Waals surface area contributed by atoms with Gasteiger partial charge in [-0.1, -0.05) is 79.7 Å². The maximum atomic E-state index is 12.9. The van der Waals surface area contributed by atoms with Gasteiger partial charge in [-0.15, -0.1) is 0 Å². The van der Waals surface area contributed by atoms with Crippen LogP contribution in [0.3, 0.4) is 0 Å². The predicted molar refractivity (Wildman–Crippen MR) is 302 cm³/mol. The molecule has 2 fully saturated rings. The third-order valence-corrected chi connectivity index (χ3v) is 13.2. The van der Waals surface area contributed by atoms with Crippen molar-refractivity contribution < 1.29 is 33.3 Å². The summed E-state index contributed by atoms with van der Waals surface area (Å²) in [6, 6.07) is 28.1. The standard InChI is InChI=1S/C30H39N5O4.C29H37N5O3/c1-22(24-8-5-4-6-9-24)33-30-25-18-27(28(39-20-23-11-12-23)19-26(25)31-21-32-30)34-29(36)10-7-13-35(14-16-37-2)15-17-38-3;1-4-34(15-16-36-3)14-8-11-28(35)33-26-17-24-25(18-27(26)37-19-22-12-13-22)30-20-31-29(24)32-21(2)23-9-6-5-7-10-23/h4-10,18-19,21-23H,11-17,20H2,1-3H3,(H,34,36)(H,31,32,33);5-11,17-18,20-22H,4,12-16,19H2,1-3H3,(H,33,35)(H,30,31,32)/t22-;21-/m11/s1. The first-order valence-electron chi connectivity index (χ1n) is 26.5. The van der Waals surface area contributed by atoms with Gasteiger partial charge in [0.1, 0.15) is 35.8 Å². The van der Waals surface area contributed by atoms with E-state index in [9.17, 15) is 9.59 Å². The molecule has 4 aromatic carbocycles. The van der Waals surface area contributed by atoms with Gasteiger partial charge in [0.05, 0.1) is 55.4 Å². The second-order valence-electron chi connectivity index (χ2n) is 19.2. The molecule has 17 nitrogen and oxygen atoms in total. The molecule has 2 atom stereocenters. The summed E-state index contributed by atoms with van der Waals surface area (Å²) in [5.74, 6) is 3.36. The molecule has 2 aromatic heterocycles. The smallest absolute Gasteiger partial charge is 0.248 e. The van der Waals surface area contributed by atoms with Crippen LogP contribution in [0.15, 0.2) is 122 Å². The molecule has 0 aliphatic heterocycles. The maximum Gasteiger partial charge on any atom is 0.248 e. The Hall–Kier alpha value is -7.02. The van der Waals surface area contributed by atoms with Crippen LogP contribution in [0, 0.1) is 11.8 Å². The molecule has 2 aliphatic rings. The Labute approximate surface area is 447 Å². The molecule has 4 N–H and O–H groups in total. The van der Waals surface area contributed by atoms with Crippen LogP contribution >= 0.6 is 0 Å². The lowest BCUT2D eigenvalue weighted by Crippen LogP contribution is -2.31. The van der Waals surface area contributed by atoms with Crippen molar-refractivity contribution in [2.45, 2.75) is 58.5 Å². The van der Waals surface area contributed by atoms with E-state index < -0.39 is 0 Å². The number of methoxy groups -OCH3 is 3. The zero-order chi connectivity index (χ0) is 53.5. The number of anilines is 4. The monoisotopic (exact) mass is 1040 g/mol. The molecule has 6 aromatic rings. The van der Waals surface area contributed by atoms with Crippen LogP contribution in [0.4, 0.5) is 23.0 Å². The summed E-state index contributed by atoms with van der Waals surface area (Å²) >= 11 is 0. The number of aromatic nitrogens is 4. The second-order valence-corrected chi connectivity index (χ2v) is 19.2. The summed E-state index contributed by atoms with van der Waals surface area (Å²) in [5.41, 5.74) is 5.02. The van der Waals surface area contributed by atoms with E-state index in [1.54, 1.807) is 46.1 Å². The van der Waals surface area contributed by atoms with Gasteiger partial charge < -0.3 is 45.0 Å². The van der Waals surface area contributed by atoms with E-state index in [2.05, 4.69) is 96.0 Å². The number of likely N-dealkylation sites (N-methyl/N-ethyl adjacent to an activating group) is 1. The van der Waals surface area contributed by atoms with Crippen LogP contribution in [0.1, 0.15) is 69.7 Å². The number of hydrogen-bond donors (Lipinski definition) is 4. The lowest BCUT2D eigenvalue weighted by atomic mass is 10.1. The van der Waals surface area contributed by atoms with Crippen molar-refractivity contribution in [1.29, 1.82) is 0 Å². The quantitative estimate of drug-likeness (QED) is 0.0312. The maximum absolute atomic E-state index is 12.9. The van der Waals surface area contributed by atoms with E-state index in [1.807, 2.05) is 72.8 Å². The number of carbonyl (C=O) groups excluding carboxylic acids is 2. The molecule has 0 saturated heterocycles. The number of carbonyl (C=O) groups is 2. The van der Waals surface area contributed by atoms with E-state index in [-0.39, 0.29) is 23.9 Å². The largest absolute Gasteiger partial charge is 0.491 e. The Balaban J connectivity index is 0.000000221. The number of hydrogen-bond acceptors (Lipinski definition) is 15. The molecule has 0 spiro atoms. The minimum Gasteiger partial charge on any atom is -0.491 e. The van der Waals surface area contributed by atoms with Crippen molar-refractivity contribution >= 4 is 56.6 Å². The highest BCUT2D eigenvalue weighted by atomic mass is 16.5. The zero-order valence-corrected chi connectivity index (χ0v) is 45.0. The van der Waals surface area contributed by atoms with Crippen LogP contribution in [-0.4, -0.2) is 135 Å². The number of nitrogens with zero attached hydrogens (tertiary/aromatic N) is 6. The molecule has 2 aliphatic carbocycles. The fourth-order valence-electron chi connectivity index (χ4n) is 8.18. The summed E-state index contributed by atoms with van der Waals surface area (Å²) < 4.78 is 27.8. The lowest BCUT2D eigenvalue weighted by Gasteiger charge is -2.19. The molecule has 8 rings (SSSR count). The first kappa shape index (κ1) is 56.7. The highest BCUT2D eigenvalue weighted by molar-refractivity contribution is 6.04. The zero-order valence-electron chi connectivity index (χ0n) is 45.0. The van der Waals surface area contributed by atoms with Gasteiger partial charge in [-0.2, -0.15) is 0 Å². The van der Waals surface area contributed by atoms with Crippen LogP contribution in [-0.2, 0) is 23.8 Å². The van der Waals surface area contributed by atoms with Crippen LogP contribution in [0.2, 0.25) is 0 Å². The fraction of sp³-hybridized carbons (Fsp3) is 0.424. The predicted octanol–water partition coefficient (Wildman–Crippen LogP) is 9.74. The Morgan fingerprint density at radius 3 is 1.39 bits per heavy atom. The minimum atomic E-state index is -0.229. The topological polar surface area (TPSA) is 186 Å². The summed E-state index contributed by atoms with van der Waals surface area (Å²) in [6.45, 7) is 13.9. The number of fused-ring (bicyclic) bond motifs is 2. The third-order valence-electron chi connectivity index (χ3n) is 13.2. The second kappa shape index (κ2) is 29.9. The number of rotatable bonds is 30. The first-order chi connectivity index (χ1) is 37.1. The van der Waals surface area contributed by atoms with Gasteiger partial charge in [0.15, 0.2) is 0 Å². The van der Waals surface area contributed by atoms with Crippen molar-refractivity contribution in [3.8, 4) is 11.5 Å². The van der Waals surface area contributed by atoms with Gasteiger partial charge in [-0.3, -0.25) is 19.4 Å². The molecule has 17 heteroatoms. The van der Waals surface area contributed by atoms with Crippen LogP contribution < -0.4 is 30.7 Å². The van der Waals surface area contributed by atoms with E-state index in [0.29, 0.717) is 92.5 Å². The molecule has 0 bridgehead atoms. The molecule has 76 heavy (non-hydrogen) atoms. The molecule has 404 valence electrons. The Bertz CT molecular complexity index is 2800. The molecule has 2 saturated carbocycles. The van der Waals surface area contributed by atoms with E-state index in [0.717, 1.165) is 59.1 Å². The van der Waals surface area contributed by atoms with Gasteiger partial charge in [0.2, 0.25) is 11.8 Å². The SMILES string of the molecule is CCN(CC=CC(=O)Nc1cc2c(N[C@H](C)c3ccccc3)ncnc2cc1OCC1CC1)CCOC.COCCN(CC=CC(=O)Nc1cc2c(N[C@H](C)c3ccccc3)ncnc2cc1OCC1CC1)CCOC. The first-order valence-corrected chi connectivity index (χ1v) is 26.5. The minimum absolute atomic E-state index is 0.0372. The van der Waals surface area contributed by atoms with Gasteiger partial charge in [0, 0.05) is 101 Å². The van der Waals surface area contributed by atoms with Crippen molar-refractivity contribution in [2.75, 3.05) is 115 Å². The summed E-state index contributed by atoms with van der Waals surface area (Å²) in [7, 11) is 5.05. The van der Waals surface area contributed by atoms with Gasteiger partial charge in [-0.05, 0) is 81.2 Å². The van der Waals surface area contributed by atoms with Crippen molar-refractivity contribution in [3.05, 3.63) is 133 Å². The number of amides is 2. The van der Waals surface area contributed by atoms with Crippen LogP contribution in [0.25, 0.3) is 21.8 Å². The van der Waals surface area contributed by atoms with E-state index in [1.165, 1.54) is 25.7 Å². The van der Waals surface area contributed by atoms with E-state index >= 15 is 0 Å². The average Bonchev–Trinajstić information content (AvgIpc) is 4.40. The molecule has 0 unspecified atom stereocenters. The summed E-state index contributed by atoms with van der Waals surface area (Å²) in [4.78, 5) is 48.1. The van der Waals surface area contributed by atoms with Crippen molar-refractivity contribution in [3.63, 3.8) is 0 Å². The molecule has 2 amide bonds. The summed E-state index contributed by atoms with van der Waals surface area (Å²) in [6.07, 6.45) is 14.7. The Kier molecular flexibility index (Phi) is 22.3. The third kappa shape index (κ3) is 18.1. The number of ether oxygens (including phenoxy) is 5. The van der Waals surface area contributed by atoms with Gasteiger partial charge in [-0.25, -0.2) is 19.9 Å². The van der Waals surface area contributed by atoms with Crippen molar-refractivity contribution in [1.82, 2.24) is 29.7 Å². The highest BCUT2D eigenvalue weighted by Crippen LogP contribution is 2.38. The van der Waals surface area contributed by atoms with Crippen LogP contribution in [0.5, 0.6) is 11.5 Å². The van der Waals surface area contributed by atoms with Gasteiger partial charge in [0.25, 0.3) is 0 Å². The fourth-order valence-corrected chi connectivity index (χ4v) is 8.18. The lowest BCUT2D eigenvalue weighted by molar-refractivity contribution is -0.112. The Morgan fingerprint density at radius 1 is 0.592 bits per heavy atom. The van der Waals surface area contributed by atoms with Crippen molar-refractivity contribution in [2.24, 2.45) is 11.8 Å². The average molecular weight is 1040 g/mol. The summed E-state index contributed by atoms with van der Waals surface area (Å²) in [5, 5.41) is 14.7. The van der Waals surface area contributed by atoms with Gasteiger partial charge >= 0.3 is 0 Å². The highest BCUT2D eigenvalue weighted by Gasteiger charge is 2.25. The number of nitrogens with one attached hydrogen (secondary N) is 4. The van der Waals surface area contributed by atoms with E-state index in [4.69, 9.17) is 23.7 Å². The molecule has 2 heterocycles. The number of benzene rings is 4. The molecule has 0 radical (unpaired) electrons. The normalized spacial score (nSPS) is 14.2. The Morgan fingerprint density at radius 2 is 1.00 bits per heavy atom. The molecular formula is C59H76N10O7.